The van der Waals surface area contributed by atoms with Crippen LogP contribution in [0.1, 0.15) is 19.6 Å². The third-order valence-corrected chi connectivity index (χ3v) is 4.41. The monoisotopic (exact) mass is 257 g/mol. The van der Waals surface area contributed by atoms with Gasteiger partial charge in [-0.25, -0.2) is 0 Å². The number of nitrogens with zero attached hydrogens (tertiary/aromatic N) is 1. The molecule has 1 aliphatic rings. The Bertz CT molecular complexity index is 351. The fourth-order valence-corrected chi connectivity index (χ4v) is 3.01. The molecule has 5 heteroatoms. The molecule has 3 nitrogen and oxygen atoms in total. The van der Waals surface area contributed by atoms with Crippen molar-refractivity contribution >= 4 is 28.3 Å². The van der Waals surface area contributed by atoms with Gasteiger partial charge < -0.3 is 14.2 Å². The topological polar surface area (TPSA) is 20.8 Å². The number of hydrogen-bond acceptors (Lipinski definition) is 3. The van der Waals surface area contributed by atoms with E-state index >= 15 is 0 Å². The van der Waals surface area contributed by atoms with Gasteiger partial charge >= 0.3 is 0 Å². The van der Waals surface area contributed by atoms with Gasteiger partial charge in [0.1, 0.15) is 16.0 Å². The molecule has 1 aliphatic heterocycles. The Labute approximate surface area is 106 Å². The SMILES string of the molecule is CC(C)[NH+]1CSC(=S)N(Cc2ccco2)C1. The molecule has 16 heavy (non-hydrogen) atoms. The smallest absolute Gasteiger partial charge is 0.155 e. The number of quaternary nitrogens is 1. The molecular weight excluding hydrogens is 240 g/mol. The average molecular weight is 257 g/mol. The summed E-state index contributed by atoms with van der Waals surface area (Å²) in [5.74, 6) is 2.05. The van der Waals surface area contributed by atoms with E-state index in [4.69, 9.17) is 16.6 Å². The third kappa shape index (κ3) is 2.78. The number of thiocarbonyl (C=S) groups is 1. The van der Waals surface area contributed by atoms with Gasteiger partial charge in [0.15, 0.2) is 6.67 Å². The van der Waals surface area contributed by atoms with Crippen LogP contribution < -0.4 is 4.90 Å². The number of thioether (sulfide) groups is 1. The summed E-state index contributed by atoms with van der Waals surface area (Å²) in [5, 5.41) is 0. The summed E-state index contributed by atoms with van der Waals surface area (Å²) >= 11 is 7.14. The van der Waals surface area contributed by atoms with Crippen LogP contribution in [0.5, 0.6) is 0 Å². The van der Waals surface area contributed by atoms with Gasteiger partial charge in [0.05, 0.1) is 18.8 Å². The Morgan fingerprint density at radius 3 is 3.06 bits per heavy atom. The summed E-state index contributed by atoms with van der Waals surface area (Å²) in [6, 6.07) is 4.55. The lowest BCUT2D eigenvalue weighted by Crippen LogP contribution is -3.17. The van der Waals surface area contributed by atoms with Gasteiger partial charge in [-0.2, -0.15) is 0 Å². The molecule has 1 unspecified atom stereocenters. The fraction of sp³-hybridized carbons (Fsp3) is 0.545. The standard InChI is InChI=1S/C11H16N2OS2/c1-9(2)13-7-12(11(15)16-8-13)6-10-4-3-5-14-10/h3-5,9H,6-8H2,1-2H3/p+1. The van der Waals surface area contributed by atoms with Crippen molar-refractivity contribution in [3.63, 3.8) is 0 Å². The van der Waals surface area contributed by atoms with Crippen LogP contribution in [0.3, 0.4) is 0 Å². The van der Waals surface area contributed by atoms with Gasteiger partial charge in [-0.1, -0.05) is 12.2 Å². The Hall–Kier alpha value is -0.520. The van der Waals surface area contributed by atoms with Crippen molar-refractivity contribution in [2.24, 2.45) is 0 Å². The van der Waals surface area contributed by atoms with Crippen molar-refractivity contribution in [1.82, 2.24) is 4.90 Å². The van der Waals surface area contributed by atoms with Crippen LogP contribution >= 0.6 is 24.0 Å². The lowest BCUT2D eigenvalue weighted by Gasteiger charge is -2.35. The van der Waals surface area contributed by atoms with E-state index in [0.717, 1.165) is 29.2 Å². The quantitative estimate of drug-likeness (QED) is 0.824. The van der Waals surface area contributed by atoms with Crippen LogP contribution in [0.2, 0.25) is 0 Å². The molecule has 0 bridgehead atoms. The van der Waals surface area contributed by atoms with Gasteiger partial charge in [0.2, 0.25) is 0 Å². The highest BCUT2D eigenvalue weighted by Gasteiger charge is 2.26. The Morgan fingerprint density at radius 2 is 2.44 bits per heavy atom. The summed E-state index contributed by atoms with van der Waals surface area (Å²) in [7, 11) is 0. The zero-order valence-corrected chi connectivity index (χ0v) is 11.2. The first-order chi connectivity index (χ1) is 7.66. The first-order valence-electron chi connectivity index (χ1n) is 5.45. The molecule has 0 amide bonds. The molecule has 1 atom stereocenters. The van der Waals surface area contributed by atoms with Crippen molar-refractivity contribution in [1.29, 1.82) is 0 Å². The van der Waals surface area contributed by atoms with E-state index in [0.29, 0.717) is 6.04 Å². The zero-order valence-electron chi connectivity index (χ0n) is 9.60. The Morgan fingerprint density at radius 1 is 1.62 bits per heavy atom. The predicted molar refractivity (Wildman–Crippen MR) is 70.3 cm³/mol. The molecule has 88 valence electrons. The summed E-state index contributed by atoms with van der Waals surface area (Å²) < 4.78 is 6.35. The second-order valence-corrected chi connectivity index (χ2v) is 5.91. The maximum Gasteiger partial charge on any atom is 0.155 e. The van der Waals surface area contributed by atoms with Gasteiger partial charge in [-0.05, 0) is 37.7 Å². The van der Waals surface area contributed by atoms with Crippen LogP contribution in [-0.2, 0) is 6.54 Å². The van der Waals surface area contributed by atoms with Crippen LogP contribution in [0, 0.1) is 0 Å². The molecule has 2 rings (SSSR count). The van der Waals surface area contributed by atoms with E-state index < -0.39 is 0 Å². The minimum Gasteiger partial charge on any atom is -0.467 e. The third-order valence-electron chi connectivity index (χ3n) is 2.78. The van der Waals surface area contributed by atoms with Crippen molar-refractivity contribution in [2.75, 3.05) is 12.5 Å². The van der Waals surface area contributed by atoms with Gasteiger partial charge in [0, 0.05) is 0 Å². The normalized spacial score (nSPS) is 21.8. The molecular formula is C11H17N2OS2+. The van der Waals surface area contributed by atoms with E-state index in [9.17, 15) is 0 Å². The van der Waals surface area contributed by atoms with Crippen LogP contribution in [0.25, 0.3) is 0 Å². The maximum absolute atomic E-state index is 5.37. The molecule has 0 aliphatic carbocycles. The Balaban J connectivity index is 1.99. The van der Waals surface area contributed by atoms with Gasteiger partial charge in [-0.3, -0.25) is 0 Å². The Kier molecular flexibility index (Phi) is 3.89. The first-order valence-corrected chi connectivity index (χ1v) is 6.85. The highest BCUT2D eigenvalue weighted by molar-refractivity contribution is 8.22. The van der Waals surface area contributed by atoms with Crippen LogP contribution in [-0.4, -0.2) is 27.8 Å². The van der Waals surface area contributed by atoms with E-state index in [-0.39, 0.29) is 0 Å². The molecule has 1 aromatic rings. The number of hydrogen-bond donors (Lipinski definition) is 1. The first kappa shape index (κ1) is 12.0. The maximum atomic E-state index is 5.37. The lowest BCUT2D eigenvalue weighted by atomic mass is 10.3. The van der Waals surface area contributed by atoms with E-state index in [1.165, 1.54) is 0 Å². The minimum atomic E-state index is 0.634. The van der Waals surface area contributed by atoms with Crippen molar-refractivity contribution in [2.45, 2.75) is 26.4 Å². The molecule has 1 N–H and O–H groups in total. The zero-order chi connectivity index (χ0) is 11.5. The summed E-state index contributed by atoms with van der Waals surface area (Å²) in [5.41, 5.74) is 0. The van der Waals surface area contributed by atoms with E-state index in [2.05, 4.69) is 18.7 Å². The molecule has 0 aromatic carbocycles. The van der Waals surface area contributed by atoms with Gasteiger partial charge in [-0.15, -0.1) is 0 Å². The molecule has 1 aromatic heterocycles. The number of furan rings is 1. The summed E-state index contributed by atoms with van der Waals surface area (Å²) in [6.07, 6.45) is 1.71. The highest BCUT2D eigenvalue weighted by atomic mass is 32.2. The number of nitrogens with one attached hydrogen (secondary N) is 1. The average Bonchev–Trinajstić information content (AvgIpc) is 2.73. The predicted octanol–water partition coefficient (Wildman–Crippen LogP) is 1.32. The van der Waals surface area contributed by atoms with Gasteiger partial charge in [0.25, 0.3) is 0 Å². The molecule has 0 spiro atoms. The molecule has 0 saturated carbocycles. The van der Waals surface area contributed by atoms with Crippen LogP contribution in [0.15, 0.2) is 22.8 Å². The molecule has 2 heterocycles. The van der Waals surface area contributed by atoms with Crippen molar-refractivity contribution in [3.05, 3.63) is 24.2 Å². The second kappa shape index (κ2) is 5.21. The van der Waals surface area contributed by atoms with Crippen LogP contribution in [0.4, 0.5) is 0 Å². The second-order valence-electron chi connectivity index (χ2n) is 4.30. The highest BCUT2D eigenvalue weighted by Crippen LogP contribution is 2.14. The van der Waals surface area contributed by atoms with E-state index in [1.807, 2.05) is 12.1 Å². The fourth-order valence-electron chi connectivity index (χ4n) is 1.66. The van der Waals surface area contributed by atoms with Crippen molar-refractivity contribution < 1.29 is 9.32 Å². The molecule has 1 saturated heterocycles. The summed E-state index contributed by atoms with van der Waals surface area (Å²) in [6.45, 7) is 6.25. The summed E-state index contributed by atoms with van der Waals surface area (Å²) in [4.78, 5) is 3.78. The number of rotatable bonds is 3. The van der Waals surface area contributed by atoms with E-state index in [1.54, 1.807) is 22.9 Å². The minimum absolute atomic E-state index is 0.634. The van der Waals surface area contributed by atoms with Crippen molar-refractivity contribution in [3.8, 4) is 0 Å². The largest absolute Gasteiger partial charge is 0.467 e. The molecule has 1 fully saturated rings. The lowest BCUT2D eigenvalue weighted by molar-refractivity contribution is -0.918. The molecule has 0 radical (unpaired) electrons.